The van der Waals surface area contributed by atoms with Crippen molar-refractivity contribution < 1.29 is 17.9 Å². The van der Waals surface area contributed by atoms with Crippen molar-refractivity contribution in [2.24, 2.45) is 0 Å². The van der Waals surface area contributed by atoms with Gasteiger partial charge in [-0.25, -0.2) is 8.42 Å². The molecular weight excluding hydrogens is 338 g/mol. The van der Waals surface area contributed by atoms with Crippen molar-refractivity contribution >= 4 is 32.2 Å². The van der Waals surface area contributed by atoms with Gasteiger partial charge in [0.2, 0.25) is 0 Å². The van der Waals surface area contributed by atoms with E-state index >= 15 is 0 Å². The van der Waals surface area contributed by atoms with Crippen LogP contribution >= 0.6 is 0 Å². The lowest BCUT2D eigenvalue weighted by atomic mass is 10.1. The van der Waals surface area contributed by atoms with Crippen LogP contribution in [0.15, 0.2) is 65.6 Å². The normalized spacial score (nSPS) is 11.3. The number of hydrogen-bond donors (Lipinski definition) is 1. The minimum absolute atomic E-state index is 0.149. The summed E-state index contributed by atoms with van der Waals surface area (Å²) in [5.41, 5.74) is 0.786. The Bertz CT molecular complexity index is 1060. The number of anilines is 1. The molecule has 0 unspecified atom stereocenters. The Kier molecular flexibility index (Phi) is 4.46. The largest absolute Gasteiger partial charge is 0.496 e. The van der Waals surface area contributed by atoms with Gasteiger partial charge in [-0.05, 0) is 41.1 Å². The number of fused-ring (bicyclic) bond motifs is 1. The minimum atomic E-state index is -3.34. The molecule has 0 bridgehead atoms. The lowest BCUT2D eigenvalue weighted by molar-refractivity contribution is 0.102. The number of benzene rings is 3. The van der Waals surface area contributed by atoms with Crippen molar-refractivity contribution in [2.45, 2.75) is 4.90 Å². The Morgan fingerprint density at radius 3 is 2.28 bits per heavy atom. The molecule has 0 saturated carbocycles. The van der Waals surface area contributed by atoms with Crippen molar-refractivity contribution in [1.82, 2.24) is 0 Å². The fraction of sp³-hybridized carbons (Fsp3) is 0.105. The molecular formula is C19H17NO4S. The number of hydrogen-bond acceptors (Lipinski definition) is 4. The highest BCUT2D eigenvalue weighted by Crippen LogP contribution is 2.27. The van der Waals surface area contributed by atoms with Gasteiger partial charge in [0.15, 0.2) is 9.84 Å². The molecule has 128 valence electrons. The van der Waals surface area contributed by atoms with Gasteiger partial charge >= 0.3 is 0 Å². The first-order chi connectivity index (χ1) is 11.9. The van der Waals surface area contributed by atoms with Crippen LogP contribution in [-0.4, -0.2) is 27.7 Å². The third-order valence-electron chi connectivity index (χ3n) is 3.83. The van der Waals surface area contributed by atoms with Crippen molar-refractivity contribution in [2.75, 3.05) is 18.7 Å². The third-order valence-corrected chi connectivity index (χ3v) is 4.94. The molecule has 0 radical (unpaired) electrons. The van der Waals surface area contributed by atoms with Crippen LogP contribution in [0, 0.1) is 0 Å². The van der Waals surface area contributed by atoms with Crippen LogP contribution in [-0.2, 0) is 9.84 Å². The molecule has 0 spiro atoms. The summed E-state index contributed by atoms with van der Waals surface area (Å²) in [7, 11) is -1.84. The zero-order valence-electron chi connectivity index (χ0n) is 13.8. The second kappa shape index (κ2) is 6.57. The highest BCUT2D eigenvalue weighted by molar-refractivity contribution is 7.90. The summed E-state index contributed by atoms with van der Waals surface area (Å²) >= 11 is 0. The van der Waals surface area contributed by atoms with Crippen LogP contribution in [0.2, 0.25) is 0 Å². The second-order valence-electron chi connectivity index (χ2n) is 5.65. The molecule has 0 fully saturated rings. The number of rotatable bonds is 4. The quantitative estimate of drug-likeness (QED) is 0.777. The summed E-state index contributed by atoms with van der Waals surface area (Å²) in [6.45, 7) is 0. The van der Waals surface area contributed by atoms with Gasteiger partial charge in [0.1, 0.15) is 5.75 Å². The molecule has 1 amide bonds. The van der Waals surface area contributed by atoms with Crippen molar-refractivity contribution in [3.8, 4) is 5.75 Å². The first-order valence-corrected chi connectivity index (χ1v) is 9.46. The van der Waals surface area contributed by atoms with E-state index in [4.69, 9.17) is 4.74 Å². The van der Waals surface area contributed by atoms with Crippen LogP contribution in [0.5, 0.6) is 5.75 Å². The number of carbonyl (C=O) groups excluding carboxylic acids is 1. The molecule has 0 aromatic heterocycles. The van der Waals surface area contributed by atoms with Crippen molar-refractivity contribution in [3.63, 3.8) is 0 Å². The topological polar surface area (TPSA) is 72.5 Å². The summed E-state index contributed by atoms with van der Waals surface area (Å²) in [6.07, 6.45) is 1.13. The fourth-order valence-corrected chi connectivity index (χ4v) is 3.24. The number of sulfone groups is 1. The maximum Gasteiger partial charge on any atom is 0.259 e. The highest BCUT2D eigenvalue weighted by Gasteiger charge is 2.15. The summed E-state index contributed by atoms with van der Waals surface area (Å²) < 4.78 is 28.6. The van der Waals surface area contributed by atoms with E-state index in [1.54, 1.807) is 24.3 Å². The zero-order chi connectivity index (χ0) is 18.0. The number of ether oxygens (including phenoxy) is 1. The van der Waals surface area contributed by atoms with Crippen LogP contribution < -0.4 is 10.1 Å². The van der Waals surface area contributed by atoms with Crippen LogP contribution in [0.3, 0.4) is 0 Å². The van der Waals surface area contributed by atoms with Gasteiger partial charge in [0, 0.05) is 11.9 Å². The Morgan fingerprint density at radius 2 is 1.64 bits per heavy atom. The van der Waals surface area contributed by atoms with E-state index < -0.39 is 9.84 Å². The molecule has 0 aliphatic carbocycles. The Balaban J connectivity index is 1.97. The molecule has 3 aromatic carbocycles. The van der Waals surface area contributed by atoms with Crippen LogP contribution in [0.4, 0.5) is 5.69 Å². The van der Waals surface area contributed by atoms with Crippen molar-refractivity contribution in [1.29, 1.82) is 0 Å². The Morgan fingerprint density at radius 1 is 0.960 bits per heavy atom. The maximum atomic E-state index is 12.7. The molecule has 1 N–H and O–H groups in total. The molecule has 6 heteroatoms. The Labute approximate surface area is 146 Å². The predicted octanol–water partition coefficient (Wildman–Crippen LogP) is 3.50. The summed E-state index contributed by atoms with van der Waals surface area (Å²) in [6, 6.07) is 17.4. The van der Waals surface area contributed by atoms with Gasteiger partial charge in [0.05, 0.1) is 17.6 Å². The first kappa shape index (κ1) is 17.0. The van der Waals surface area contributed by atoms with Gasteiger partial charge in [-0.1, -0.05) is 30.3 Å². The van der Waals surface area contributed by atoms with Gasteiger partial charge in [-0.2, -0.15) is 0 Å². The first-order valence-electron chi connectivity index (χ1n) is 7.57. The molecule has 25 heavy (non-hydrogen) atoms. The number of carbonyl (C=O) groups is 1. The number of methoxy groups -OCH3 is 1. The van der Waals surface area contributed by atoms with E-state index in [-0.39, 0.29) is 10.8 Å². The second-order valence-corrected chi connectivity index (χ2v) is 7.67. The maximum absolute atomic E-state index is 12.7. The molecule has 5 nitrogen and oxygen atoms in total. The fourth-order valence-electron chi connectivity index (χ4n) is 2.57. The molecule has 0 aliphatic heterocycles. The molecule has 3 aromatic rings. The summed E-state index contributed by atoms with van der Waals surface area (Å²) in [4.78, 5) is 12.8. The van der Waals surface area contributed by atoms with Crippen LogP contribution in [0.25, 0.3) is 10.8 Å². The van der Waals surface area contributed by atoms with Crippen molar-refractivity contribution in [3.05, 3.63) is 66.2 Å². The average Bonchev–Trinajstić information content (AvgIpc) is 2.60. The van der Waals surface area contributed by atoms with Gasteiger partial charge in [-0.15, -0.1) is 0 Å². The average molecular weight is 355 g/mol. The predicted molar refractivity (Wildman–Crippen MR) is 98.0 cm³/mol. The van der Waals surface area contributed by atoms with E-state index in [1.165, 1.54) is 19.2 Å². The van der Waals surface area contributed by atoms with Gasteiger partial charge in [0.25, 0.3) is 5.91 Å². The number of nitrogens with one attached hydrogen (secondary N) is 1. The monoisotopic (exact) mass is 355 g/mol. The molecule has 0 saturated heterocycles. The van der Waals surface area contributed by atoms with E-state index in [0.717, 1.165) is 17.0 Å². The molecule has 0 heterocycles. The Hall–Kier alpha value is -2.86. The standard InChI is InChI=1S/C19H17NO4S/c1-24-18-11-14-7-4-3-6-13(14)10-17(18)19(21)20-15-8-5-9-16(12-15)25(2,22)23/h3-12H,1-2H3,(H,20,21). The van der Waals surface area contributed by atoms with E-state index in [1.807, 2.05) is 24.3 Å². The van der Waals surface area contributed by atoms with Gasteiger partial charge < -0.3 is 10.1 Å². The SMILES string of the molecule is COc1cc2ccccc2cc1C(=O)Nc1cccc(S(C)(=O)=O)c1. The van der Waals surface area contributed by atoms with E-state index in [0.29, 0.717) is 17.0 Å². The van der Waals surface area contributed by atoms with E-state index in [2.05, 4.69) is 5.32 Å². The lowest BCUT2D eigenvalue weighted by Gasteiger charge is -2.11. The summed E-state index contributed by atoms with van der Waals surface area (Å²) in [5.74, 6) is 0.0868. The smallest absolute Gasteiger partial charge is 0.259 e. The lowest BCUT2D eigenvalue weighted by Crippen LogP contribution is -2.13. The highest BCUT2D eigenvalue weighted by atomic mass is 32.2. The zero-order valence-corrected chi connectivity index (χ0v) is 14.6. The third kappa shape index (κ3) is 3.64. The minimum Gasteiger partial charge on any atom is -0.496 e. The van der Waals surface area contributed by atoms with E-state index in [9.17, 15) is 13.2 Å². The molecule has 3 rings (SSSR count). The molecule has 0 atom stereocenters. The number of amides is 1. The molecule has 0 aliphatic rings. The summed E-state index contributed by atoms with van der Waals surface area (Å²) in [5, 5.41) is 4.61. The van der Waals surface area contributed by atoms with Crippen LogP contribution in [0.1, 0.15) is 10.4 Å². The van der Waals surface area contributed by atoms with Gasteiger partial charge in [-0.3, -0.25) is 4.79 Å².